The van der Waals surface area contributed by atoms with Crippen LogP contribution in [0.1, 0.15) is 12.5 Å². The molecule has 0 aliphatic rings. The molecule has 0 unspecified atom stereocenters. The molecule has 0 bridgehead atoms. The standard InChI is InChI=1S/C11H9NO3/c1-8(12(13)14)6-9-7-15-11-5-3-2-4-10(9)11/h2-7H,1H3/b8-6+. The first kappa shape index (κ1) is 9.45. The van der Waals surface area contributed by atoms with Gasteiger partial charge in [0.15, 0.2) is 0 Å². The van der Waals surface area contributed by atoms with Crippen LogP contribution in [0.4, 0.5) is 0 Å². The monoisotopic (exact) mass is 203 g/mol. The maximum Gasteiger partial charge on any atom is 0.243 e. The highest BCUT2D eigenvalue weighted by Gasteiger charge is 2.07. The summed E-state index contributed by atoms with van der Waals surface area (Å²) in [5.41, 5.74) is 1.57. The van der Waals surface area contributed by atoms with Gasteiger partial charge in [0.25, 0.3) is 0 Å². The minimum atomic E-state index is -0.415. The summed E-state index contributed by atoms with van der Waals surface area (Å²) in [6.07, 6.45) is 3.03. The van der Waals surface area contributed by atoms with Crippen LogP contribution in [0.25, 0.3) is 17.0 Å². The van der Waals surface area contributed by atoms with Crippen molar-refractivity contribution in [2.75, 3.05) is 0 Å². The zero-order chi connectivity index (χ0) is 10.8. The smallest absolute Gasteiger partial charge is 0.243 e. The minimum Gasteiger partial charge on any atom is -0.464 e. The average molecular weight is 203 g/mol. The first-order valence-corrected chi connectivity index (χ1v) is 4.47. The van der Waals surface area contributed by atoms with Gasteiger partial charge in [-0.3, -0.25) is 10.1 Å². The summed E-state index contributed by atoms with van der Waals surface area (Å²) in [6, 6.07) is 7.43. The lowest BCUT2D eigenvalue weighted by molar-refractivity contribution is -0.422. The molecule has 1 heterocycles. The van der Waals surface area contributed by atoms with Crippen molar-refractivity contribution in [2.24, 2.45) is 0 Å². The first-order valence-electron chi connectivity index (χ1n) is 4.47. The van der Waals surface area contributed by atoms with Gasteiger partial charge in [-0.05, 0) is 6.07 Å². The van der Waals surface area contributed by atoms with Crippen LogP contribution < -0.4 is 0 Å². The van der Waals surface area contributed by atoms with E-state index in [9.17, 15) is 10.1 Å². The minimum absolute atomic E-state index is 0.0987. The Kier molecular flexibility index (Phi) is 2.25. The molecule has 0 atom stereocenters. The summed E-state index contributed by atoms with van der Waals surface area (Å²) < 4.78 is 5.26. The topological polar surface area (TPSA) is 56.3 Å². The molecule has 0 spiro atoms. The van der Waals surface area contributed by atoms with Gasteiger partial charge in [-0.1, -0.05) is 18.2 Å². The summed E-state index contributed by atoms with van der Waals surface area (Å²) in [7, 11) is 0. The van der Waals surface area contributed by atoms with E-state index in [0.717, 1.165) is 16.5 Å². The molecule has 0 amide bonds. The molecule has 0 fully saturated rings. The van der Waals surface area contributed by atoms with Crippen molar-refractivity contribution in [3.05, 3.63) is 51.9 Å². The van der Waals surface area contributed by atoms with Gasteiger partial charge in [0, 0.05) is 23.9 Å². The normalized spacial score (nSPS) is 11.9. The lowest BCUT2D eigenvalue weighted by atomic mass is 10.1. The van der Waals surface area contributed by atoms with Gasteiger partial charge in [0.2, 0.25) is 5.70 Å². The molecule has 0 N–H and O–H groups in total. The van der Waals surface area contributed by atoms with Gasteiger partial charge in [0.05, 0.1) is 11.2 Å². The second-order valence-electron chi connectivity index (χ2n) is 3.23. The fourth-order valence-electron chi connectivity index (χ4n) is 1.39. The first-order chi connectivity index (χ1) is 7.18. The zero-order valence-electron chi connectivity index (χ0n) is 8.14. The maximum absolute atomic E-state index is 10.5. The molecule has 0 radical (unpaired) electrons. The fourth-order valence-corrected chi connectivity index (χ4v) is 1.39. The van der Waals surface area contributed by atoms with E-state index in [1.807, 2.05) is 24.3 Å². The molecule has 0 aliphatic heterocycles. The van der Waals surface area contributed by atoms with Crippen LogP contribution in [-0.4, -0.2) is 4.92 Å². The molecule has 2 aromatic rings. The Hall–Kier alpha value is -2.10. The second kappa shape index (κ2) is 3.57. The number of fused-ring (bicyclic) bond motifs is 1. The molecular weight excluding hydrogens is 194 g/mol. The van der Waals surface area contributed by atoms with E-state index in [1.165, 1.54) is 19.3 Å². The van der Waals surface area contributed by atoms with Crippen molar-refractivity contribution in [1.29, 1.82) is 0 Å². The predicted octanol–water partition coefficient (Wildman–Crippen LogP) is 3.07. The number of allylic oxidation sites excluding steroid dienone is 1. The molecule has 4 nitrogen and oxygen atoms in total. The summed E-state index contributed by atoms with van der Waals surface area (Å²) >= 11 is 0. The molecule has 15 heavy (non-hydrogen) atoms. The third kappa shape index (κ3) is 1.74. The molecule has 1 aromatic heterocycles. The van der Waals surface area contributed by atoms with Crippen molar-refractivity contribution < 1.29 is 9.34 Å². The average Bonchev–Trinajstić information content (AvgIpc) is 2.62. The molecule has 4 heteroatoms. The Morgan fingerprint density at radius 1 is 1.47 bits per heavy atom. The van der Waals surface area contributed by atoms with E-state index in [4.69, 9.17) is 4.42 Å². The van der Waals surface area contributed by atoms with Crippen LogP contribution in [0, 0.1) is 10.1 Å². The molecular formula is C11H9NO3. The van der Waals surface area contributed by atoms with Crippen LogP contribution in [0.15, 0.2) is 40.6 Å². The van der Waals surface area contributed by atoms with E-state index in [1.54, 1.807) is 0 Å². The number of para-hydroxylation sites is 1. The summed E-state index contributed by atoms with van der Waals surface area (Å²) in [5.74, 6) is 0. The third-order valence-corrected chi connectivity index (χ3v) is 2.16. The number of nitro groups is 1. The number of rotatable bonds is 2. The Bertz CT molecular complexity index is 540. The van der Waals surface area contributed by atoms with Gasteiger partial charge in [0.1, 0.15) is 5.58 Å². The predicted molar refractivity (Wildman–Crippen MR) is 56.9 cm³/mol. The molecule has 2 rings (SSSR count). The van der Waals surface area contributed by atoms with E-state index in [-0.39, 0.29) is 5.70 Å². The van der Waals surface area contributed by atoms with Gasteiger partial charge >= 0.3 is 0 Å². The largest absolute Gasteiger partial charge is 0.464 e. The fraction of sp³-hybridized carbons (Fsp3) is 0.0909. The van der Waals surface area contributed by atoms with Crippen LogP contribution in [0.3, 0.4) is 0 Å². The SMILES string of the molecule is C/C(=C\c1coc2ccccc12)[N+](=O)[O-]. The van der Waals surface area contributed by atoms with Crippen molar-refractivity contribution in [3.8, 4) is 0 Å². The highest BCUT2D eigenvalue weighted by molar-refractivity contribution is 5.87. The van der Waals surface area contributed by atoms with Crippen molar-refractivity contribution >= 4 is 17.0 Å². The highest BCUT2D eigenvalue weighted by Crippen LogP contribution is 2.22. The quantitative estimate of drug-likeness (QED) is 0.556. The number of hydrogen-bond donors (Lipinski definition) is 0. The molecule has 76 valence electrons. The lowest BCUT2D eigenvalue weighted by Gasteiger charge is -1.90. The number of furan rings is 1. The number of hydrogen-bond acceptors (Lipinski definition) is 3. The van der Waals surface area contributed by atoms with Gasteiger partial charge in [-0.25, -0.2) is 0 Å². The van der Waals surface area contributed by atoms with Crippen LogP contribution >= 0.6 is 0 Å². The highest BCUT2D eigenvalue weighted by atomic mass is 16.6. The summed E-state index contributed by atoms with van der Waals surface area (Å²) in [5, 5.41) is 11.4. The Morgan fingerprint density at radius 2 is 2.20 bits per heavy atom. The van der Waals surface area contributed by atoms with Crippen LogP contribution in [0.2, 0.25) is 0 Å². The Morgan fingerprint density at radius 3 is 2.93 bits per heavy atom. The van der Waals surface area contributed by atoms with Crippen LogP contribution in [-0.2, 0) is 0 Å². The molecule has 1 aromatic carbocycles. The Balaban J connectivity index is 2.54. The summed E-state index contributed by atoms with van der Waals surface area (Å²) in [6.45, 7) is 1.46. The second-order valence-corrected chi connectivity index (χ2v) is 3.23. The van der Waals surface area contributed by atoms with Crippen LogP contribution in [0.5, 0.6) is 0 Å². The maximum atomic E-state index is 10.5. The van der Waals surface area contributed by atoms with E-state index >= 15 is 0 Å². The van der Waals surface area contributed by atoms with Crippen molar-refractivity contribution in [2.45, 2.75) is 6.92 Å². The molecule has 0 aliphatic carbocycles. The third-order valence-electron chi connectivity index (χ3n) is 2.16. The Labute approximate surface area is 86.0 Å². The number of nitrogens with zero attached hydrogens (tertiary/aromatic N) is 1. The van der Waals surface area contributed by atoms with E-state index < -0.39 is 4.92 Å². The van der Waals surface area contributed by atoms with Crippen molar-refractivity contribution in [3.63, 3.8) is 0 Å². The van der Waals surface area contributed by atoms with E-state index in [2.05, 4.69) is 0 Å². The van der Waals surface area contributed by atoms with Gasteiger partial charge in [-0.15, -0.1) is 0 Å². The van der Waals surface area contributed by atoms with E-state index in [0.29, 0.717) is 0 Å². The molecule has 0 saturated heterocycles. The van der Waals surface area contributed by atoms with Gasteiger partial charge < -0.3 is 4.42 Å². The number of benzene rings is 1. The molecule has 0 saturated carbocycles. The lowest BCUT2D eigenvalue weighted by Crippen LogP contribution is -1.92. The summed E-state index contributed by atoms with van der Waals surface area (Å²) in [4.78, 5) is 10.1. The van der Waals surface area contributed by atoms with Crippen molar-refractivity contribution in [1.82, 2.24) is 0 Å². The zero-order valence-corrected chi connectivity index (χ0v) is 8.14. The van der Waals surface area contributed by atoms with Gasteiger partial charge in [-0.2, -0.15) is 0 Å².